The molecule has 0 amide bonds. The third kappa shape index (κ3) is 8.12. The van der Waals surface area contributed by atoms with Crippen LogP contribution in [0.2, 0.25) is 0 Å². The number of rotatable bonds is 14. The molecule has 0 unspecified atom stereocenters. The van der Waals surface area contributed by atoms with Gasteiger partial charge in [0, 0.05) is 36.5 Å². The number of imidazole rings is 1. The summed E-state index contributed by atoms with van der Waals surface area (Å²) in [4.78, 5) is 7.29. The Morgan fingerprint density at radius 2 is 1.50 bits per heavy atom. The molecule has 4 aromatic rings. The quantitative estimate of drug-likeness (QED) is 0.110. The first kappa shape index (κ1) is 31.1. The van der Waals surface area contributed by atoms with E-state index in [-0.39, 0.29) is 5.75 Å². The average molecular weight is 584 g/mol. The van der Waals surface area contributed by atoms with Gasteiger partial charge >= 0.3 is 6.18 Å². The molecule has 0 aliphatic heterocycles. The van der Waals surface area contributed by atoms with E-state index in [4.69, 9.17) is 14.5 Å². The normalized spacial score (nSPS) is 11.7. The summed E-state index contributed by atoms with van der Waals surface area (Å²) in [5, 5.41) is 0. The van der Waals surface area contributed by atoms with Crippen molar-refractivity contribution in [2.75, 3.05) is 26.2 Å². The highest BCUT2D eigenvalue weighted by atomic mass is 19.4. The number of halogens is 4. The number of ether oxygens (including phenoxy) is 2. The maximum absolute atomic E-state index is 13.9. The van der Waals surface area contributed by atoms with Gasteiger partial charge in [-0.05, 0) is 86.6 Å². The summed E-state index contributed by atoms with van der Waals surface area (Å²) >= 11 is 0. The van der Waals surface area contributed by atoms with Crippen molar-refractivity contribution in [2.24, 2.45) is 0 Å². The van der Waals surface area contributed by atoms with Crippen LogP contribution in [0.3, 0.4) is 0 Å². The molecule has 0 aliphatic rings. The number of hydrogen-bond donors (Lipinski definition) is 0. The molecular weight excluding hydrogens is 546 g/mol. The predicted molar refractivity (Wildman–Crippen MR) is 157 cm³/mol. The van der Waals surface area contributed by atoms with E-state index < -0.39 is 17.6 Å². The number of aromatic nitrogens is 2. The molecule has 3 aromatic carbocycles. The van der Waals surface area contributed by atoms with Crippen LogP contribution in [0.1, 0.15) is 51.4 Å². The lowest BCUT2D eigenvalue weighted by Gasteiger charge is -2.17. The summed E-state index contributed by atoms with van der Waals surface area (Å²) in [5.41, 5.74) is 1.36. The molecule has 0 saturated carbocycles. The summed E-state index contributed by atoms with van der Waals surface area (Å²) < 4.78 is 66.1. The minimum atomic E-state index is -4.76. The molecular formula is C33H37F4N3O2. The molecule has 5 nitrogen and oxygen atoms in total. The summed E-state index contributed by atoms with van der Waals surface area (Å²) in [5.74, 6) is 0.728. The number of hydrogen-bond acceptors (Lipinski definition) is 4. The van der Waals surface area contributed by atoms with Crippen LogP contribution in [-0.2, 0) is 12.6 Å². The van der Waals surface area contributed by atoms with Gasteiger partial charge in [-0.15, -0.1) is 0 Å². The molecule has 0 atom stereocenters. The van der Waals surface area contributed by atoms with Crippen LogP contribution in [0.25, 0.3) is 16.9 Å². The van der Waals surface area contributed by atoms with Crippen LogP contribution in [0.4, 0.5) is 17.6 Å². The molecule has 0 N–H and O–H groups in total. The van der Waals surface area contributed by atoms with Gasteiger partial charge in [0.25, 0.3) is 0 Å². The fourth-order valence-corrected chi connectivity index (χ4v) is 4.63. The molecule has 0 bridgehead atoms. The second-order valence-electron chi connectivity index (χ2n) is 10.0. The second-order valence-corrected chi connectivity index (χ2v) is 10.0. The van der Waals surface area contributed by atoms with Gasteiger partial charge in [-0.2, -0.15) is 13.2 Å². The Bertz CT molecular complexity index is 1410. The highest BCUT2D eigenvalue weighted by molar-refractivity contribution is 5.61. The Kier molecular flexibility index (Phi) is 10.6. The van der Waals surface area contributed by atoms with E-state index in [9.17, 15) is 17.6 Å². The zero-order chi connectivity index (χ0) is 30.1. The minimum Gasteiger partial charge on any atom is -0.494 e. The van der Waals surface area contributed by atoms with Crippen LogP contribution < -0.4 is 9.47 Å². The Labute approximate surface area is 244 Å². The lowest BCUT2D eigenvalue weighted by Crippen LogP contribution is -2.25. The van der Waals surface area contributed by atoms with Gasteiger partial charge in [0.2, 0.25) is 0 Å². The van der Waals surface area contributed by atoms with E-state index in [1.807, 2.05) is 47.2 Å². The zero-order valence-electron chi connectivity index (χ0n) is 24.3. The van der Waals surface area contributed by atoms with Gasteiger partial charge in [0.1, 0.15) is 28.9 Å². The van der Waals surface area contributed by atoms with E-state index in [0.717, 1.165) is 86.0 Å². The van der Waals surface area contributed by atoms with Crippen molar-refractivity contribution in [3.8, 4) is 34.2 Å². The molecule has 0 aliphatic carbocycles. The van der Waals surface area contributed by atoms with Crippen molar-refractivity contribution in [3.05, 3.63) is 90.1 Å². The lowest BCUT2D eigenvalue weighted by molar-refractivity contribution is -0.140. The maximum Gasteiger partial charge on any atom is 0.419 e. The molecule has 0 radical (unpaired) electrons. The number of unbranched alkanes of at least 4 members (excludes halogenated alkanes) is 1. The fraction of sp³-hybridized carbons (Fsp3) is 0.364. The largest absolute Gasteiger partial charge is 0.494 e. The highest BCUT2D eigenvalue weighted by Gasteiger charge is 2.34. The van der Waals surface area contributed by atoms with Gasteiger partial charge in [0.05, 0.1) is 17.9 Å². The Hall–Kier alpha value is -3.85. The Morgan fingerprint density at radius 1 is 0.833 bits per heavy atom. The highest BCUT2D eigenvalue weighted by Crippen LogP contribution is 2.34. The van der Waals surface area contributed by atoms with Gasteiger partial charge < -0.3 is 18.9 Å². The Balaban J connectivity index is 1.46. The standard InChI is InChI=1S/C33H37F4N3O2/c1-4-7-9-32-38-31(24-10-14-26(15-11-24)41-21-8-20-39(5-2)6-3)23-40(32)25-12-16-27(17-13-25)42-28-18-19-29(30(34)22-28)33(35,36)37/h10-19,22-23H,4-9,20-21H2,1-3H3. The first-order valence-electron chi connectivity index (χ1n) is 14.4. The topological polar surface area (TPSA) is 39.5 Å². The molecule has 42 heavy (non-hydrogen) atoms. The molecule has 0 spiro atoms. The number of benzene rings is 3. The number of alkyl halides is 3. The third-order valence-electron chi connectivity index (χ3n) is 7.06. The molecule has 9 heteroatoms. The van der Waals surface area contributed by atoms with Crippen molar-refractivity contribution in [3.63, 3.8) is 0 Å². The molecule has 4 rings (SSSR count). The SMILES string of the molecule is CCCCc1nc(-c2ccc(OCCCN(CC)CC)cc2)cn1-c1ccc(Oc2ccc(C(F)(F)F)c(F)c2)cc1. The number of nitrogens with zero attached hydrogens (tertiary/aromatic N) is 3. The second kappa shape index (κ2) is 14.4. The average Bonchev–Trinajstić information content (AvgIpc) is 3.40. The van der Waals surface area contributed by atoms with E-state index in [1.54, 1.807) is 12.1 Å². The van der Waals surface area contributed by atoms with Crippen LogP contribution >= 0.6 is 0 Å². The van der Waals surface area contributed by atoms with E-state index in [0.29, 0.717) is 18.4 Å². The summed E-state index contributed by atoms with van der Waals surface area (Å²) in [6.07, 6.45) is 1.01. The maximum atomic E-state index is 13.9. The van der Waals surface area contributed by atoms with Gasteiger partial charge in [-0.1, -0.05) is 27.2 Å². The monoisotopic (exact) mass is 583 g/mol. The smallest absolute Gasteiger partial charge is 0.419 e. The molecule has 0 saturated heterocycles. The van der Waals surface area contributed by atoms with Crippen LogP contribution in [-0.4, -0.2) is 40.7 Å². The van der Waals surface area contributed by atoms with Crippen molar-refractivity contribution >= 4 is 0 Å². The molecule has 0 fully saturated rings. The van der Waals surface area contributed by atoms with Crippen LogP contribution in [0.15, 0.2) is 72.9 Å². The van der Waals surface area contributed by atoms with Crippen LogP contribution in [0.5, 0.6) is 17.2 Å². The summed E-state index contributed by atoms with van der Waals surface area (Å²) in [6.45, 7) is 10.2. The molecule has 1 aromatic heterocycles. The van der Waals surface area contributed by atoms with E-state index in [2.05, 4.69) is 25.7 Å². The first-order valence-corrected chi connectivity index (χ1v) is 14.4. The van der Waals surface area contributed by atoms with Crippen molar-refractivity contribution < 1.29 is 27.0 Å². The van der Waals surface area contributed by atoms with E-state index in [1.165, 1.54) is 0 Å². The predicted octanol–water partition coefficient (Wildman–Crippen LogP) is 8.94. The Morgan fingerprint density at radius 3 is 2.12 bits per heavy atom. The minimum absolute atomic E-state index is 0.0156. The van der Waals surface area contributed by atoms with Gasteiger partial charge in [0.15, 0.2) is 0 Å². The van der Waals surface area contributed by atoms with E-state index >= 15 is 0 Å². The fourth-order valence-electron chi connectivity index (χ4n) is 4.63. The molecule has 224 valence electrons. The number of aryl methyl sites for hydroxylation is 1. The van der Waals surface area contributed by atoms with Crippen LogP contribution in [0, 0.1) is 5.82 Å². The van der Waals surface area contributed by atoms with Gasteiger partial charge in [-0.25, -0.2) is 9.37 Å². The molecule has 1 heterocycles. The summed E-state index contributed by atoms with van der Waals surface area (Å²) in [7, 11) is 0. The van der Waals surface area contributed by atoms with Crippen molar-refractivity contribution in [1.82, 2.24) is 14.5 Å². The summed E-state index contributed by atoms with van der Waals surface area (Å²) in [6, 6.07) is 17.5. The zero-order valence-corrected chi connectivity index (χ0v) is 24.3. The third-order valence-corrected chi connectivity index (χ3v) is 7.06. The van der Waals surface area contributed by atoms with Crippen molar-refractivity contribution in [1.29, 1.82) is 0 Å². The first-order chi connectivity index (χ1) is 20.2. The lowest BCUT2D eigenvalue weighted by atomic mass is 10.1. The van der Waals surface area contributed by atoms with Crippen molar-refractivity contribution in [2.45, 2.75) is 52.6 Å². The van der Waals surface area contributed by atoms with Gasteiger partial charge in [-0.3, -0.25) is 0 Å².